The molecule has 0 fully saturated rings. The molecule has 3 aromatic rings. The van der Waals surface area contributed by atoms with Crippen molar-refractivity contribution in [3.8, 4) is 5.69 Å². The number of hydrogen-bond donors (Lipinski definition) is 2. The summed E-state index contributed by atoms with van der Waals surface area (Å²) >= 11 is 6.12. The van der Waals surface area contributed by atoms with Gasteiger partial charge in [-0.3, -0.25) is 14.2 Å². The van der Waals surface area contributed by atoms with Gasteiger partial charge in [0, 0.05) is 10.6 Å². The zero-order valence-corrected chi connectivity index (χ0v) is 16.7. The molecule has 1 atom stereocenters. The molecular formula is C21H20ClFN4O2. The number of benzene rings is 2. The Morgan fingerprint density at radius 2 is 1.97 bits per heavy atom. The highest BCUT2D eigenvalue weighted by Crippen LogP contribution is 2.26. The second kappa shape index (κ2) is 8.55. The lowest BCUT2D eigenvalue weighted by atomic mass is 10.0. The standard InChI is InChI=1S/C21H20ClFN4O2/c1-12(24)21(29)26-11-15-10-25-13(2)27(15)19-8-7-14(22)9-17(19)20(28)16-5-3-4-6-18(16)23/h3-10,12H,11,24H2,1-2H3,(H,26,29)/t12-/m0/s1. The third-order valence-electron chi connectivity index (χ3n) is 4.43. The maximum absolute atomic E-state index is 14.2. The van der Waals surface area contributed by atoms with E-state index in [1.807, 2.05) is 0 Å². The SMILES string of the molecule is Cc1ncc(CNC(=O)[C@H](C)N)n1-c1ccc(Cl)cc1C(=O)c1ccccc1F. The lowest BCUT2D eigenvalue weighted by molar-refractivity contribution is -0.122. The molecule has 0 aliphatic rings. The van der Waals surface area contributed by atoms with Crippen LogP contribution in [0.4, 0.5) is 4.39 Å². The Kier molecular flexibility index (Phi) is 6.10. The predicted octanol–water partition coefficient (Wildman–Crippen LogP) is 3.17. The zero-order chi connectivity index (χ0) is 21.1. The minimum absolute atomic E-state index is 0.0550. The molecule has 1 aromatic heterocycles. The van der Waals surface area contributed by atoms with Crippen molar-refractivity contribution in [3.05, 3.63) is 82.1 Å². The van der Waals surface area contributed by atoms with E-state index in [2.05, 4.69) is 10.3 Å². The largest absolute Gasteiger partial charge is 0.349 e. The summed E-state index contributed by atoms with van der Waals surface area (Å²) in [7, 11) is 0. The second-order valence-corrected chi connectivity index (χ2v) is 7.05. The van der Waals surface area contributed by atoms with Crippen LogP contribution < -0.4 is 11.1 Å². The van der Waals surface area contributed by atoms with Crippen LogP contribution in [0, 0.1) is 12.7 Å². The molecule has 150 valence electrons. The smallest absolute Gasteiger partial charge is 0.236 e. The van der Waals surface area contributed by atoms with Gasteiger partial charge in [-0.15, -0.1) is 0 Å². The van der Waals surface area contributed by atoms with Crippen LogP contribution in [0.3, 0.4) is 0 Å². The number of hydrogen-bond acceptors (Lipinski definition) is 4. The average Bonchev–Trinajstić information content (AvgIpc) is 3.06. The summed E-state index contributed by atoms with van der Waals surface area (Å²) in [6, 6.07) is 9.92. The van der Waals surface area contributed by atoms with Crippen molar-refractivity contribution in [1.29, 1.82) is 0 Å². The number of amides is 1. The highest BCUT2D eigenvalue weighted by atomic mass is 35.5. The van der Waals surface area contributed by atoms with Gasteiger partial charge in [-0.2, -0.15) is 0 Å². The first kappa shape index (κ1) is 20.7. The van der Waals surface area contributed by atoms with E-state index in [4.69, 9.17) is 17.3 Å². The number of halogens is 2. The van der Waals surface area contributed by atoms with Gasteiger partial charge in [0.1, 0.15) is 11.6 Å². The van der Waals surface area contributed by atoms with Gasteiger partial charge in [-0.05, 0) is 44.2 Å². The molecular weight excluding hydrogens is 395 g/mol. The molecule has 3 rings (SSSR count). The first-order valence-electron chi connectivity index (χ1n) is 8.95. The molecule has 0 saturated heterocycles. The molecule has 8 heteroatoms. The molecule has 3 N–H and O–H groups in total. The first-order valence-corrected chi connectivity index (χ1v) is 9.33. The second-order valence-electron chi connectivity index (χ2n) is 6.61. The molecule has 1 heterocycles. The number of nitrogens with two attached hydrogens (primary N) is 1. The summed E-state index contributed by atoms with van der Waals surface area (Å²) in [5.74, 6) is -0.830. The van der Waals surface area contributed by atoms with E-state index in [9.17, 15) is 14.0 Å². The number of rotatable bonds is 6. The van der Waals surface area contributed by atoms with Crippen LogP contribution in [0.15, 0.2) is 48.7 Å². The van der Waals surface area contributed by atoms with Crippen LogP contribution in [-0.2, 0) is 11.3 Å². The number of nitrogens with zero attached hydrogens (tertiary/aromatic N) is 2. The molecule has 2 aromatic carbocycles. The van der Waals surface area contributed by atoms with Crippen molar-refractivity contribution in [3.63, 3.8) is 0 Å². The van der Waals surface area contributed by atoms with E-state index >= 15 is 0 Å². The van der Waals surface area contributed by atoms with Gasteiger partial charge < -0.3 is 11.1 Å². The number of carbonyl (C=O) groups excluding carboxylic acids is 2. The summed E-state index contributed by atoms with van der Waals surface area (Å²) in [6.45, 7) is 3.52. The molecule has 0 spiro atoms. The Morgan fingerprint density at radius 1 is 1.24 bits per heavy atom. The summed E-state index contributed by atoms with van der Waals surface area (Å²) in [4.78, 5) is 29.2. The van der Waals surface area contributed by atoms with Gasteiger partial charge in [-0.25, -0.2) is 9.37 Å². The van der Waals surface area contributed by atoms with Crippen molar-refractivity contribution in [2.24, 2.45) is 5.73 Å². The molecule has 0 aliphatic carbocycles. The maximum Gasteiger partial charge on any atom is 0.236 e. The molecule has 0 aliphatic heterocycles. The van der Waals surface area contributed by atoms with Crippen molar-refractivity contribution in [2.45, 2.75) is 26.4 Å². The summed E-state index contributed by atoms with van der Waals surface area (Å²) < 4.78 is 15.9. The van der Waals surface area contributed by atoms with Gasteiger partial charge in [0.2, 0.25) is 5.91 Å². The Bertz CT molecular complexity index is 1080. The summed E-state index contributed by atoms with van der Waals surface area (Å²) in [6.07, 6.45) is 1.60. The van der Waals surface area contributed by atoms with E-state index in [0.29, 0.717) is 22.2 Å². The fourth-order valence-electron chi connectivity index (χ4n) is 2.96. The molecule has 0 bridgehead atoms. The predicted molar refractivity (Wildman–Crippen MR) is 109 cm³/mol. The van der Waals surface area contributed by atoms with E-state index in [0.717, 1.165) is 0 Å². The van der Waals surface area contributed by atoms with Gasteiger partial charge in [0.05, 0.1) is 35.7 Å². The molecule has 1 amide bonds. The summed E-state index contributed by atoms with van der Waals surface area (Å²) in [5, 5.41) is 3.07. The molecule has 0 saturated carbocycles. The number of aromatic nitrogens is 2. The van der Waals surface area contributed by atoms with Crippen LogP contribution in [0.25, 0.3) is 5.69 Å². The number of aryl methyl sites for hydroxylation is 1. The number of ketones is 1. The van der Waals surface area contributed by atoms with Crippen LogP contribution in [-0.4, -0.2) is 27.3 Å². The Hall–Kier alpha value is -3.03. The molecule has 29 heavy (non-hydrogen) atoms. The Balaban J connectivity index is 2.07. The monoisotopic (exact) mass is 414 g/mol. The van der Waals surface area contributed by atoms with Crippen molar-refractivity contribution < 1.29 is 14.0 Å². The van der Waals surface area contributed by atoms with Crippen molar-refractivity contribution >= 4 is 23.3 Å². The van der Waals surface area contributed by atoms with E-state index in [-0.39, 0.29) is 23.6 Å². The van der Waals surface area contributed by atoms with Crippen LogP contribution in [0.1, 0.15) is 34.4 Å². The van der Waals surface area contributed by atoms with Crippen molar-refractivity contribution in [1.82, 2.24) is 14.9 Å². The van der Waals surface area contributed by atoms with Crippen LogP contribution in [0.5, 0.6) is 0 Å². The fraction of sp³-hybridized carbons (Fsp3) is 0.190. The van der Waals surface area contributed by atoms with Crippen LogP contribution in [0.2, 0.25) is 5.02 Å². The third kappa shape index (κ3) is 4.36. The van der Waals surface area contributed by atoms with E-state index in [1.165, 1.54) is 24.3 Å². The first-order chi connectivity index (χ1) is 13.8. The molecule has 0 radical (unpaired) electrons. The Morgan fingerprint density at radius 3 is 2.66 bits per heavy atom. The third-order valence-corrected chi connectivity index (χ3v) is 4.67. The van der Waals surface area contributed by atoms with Gasteiger partial charge >= 0.3 is 0 Å². The average molecular weight is 415 g/mol. The van der Waals surface area contributed by atoms with Gasteiger partial charge in [0.15, 0.2) is 5.78 Å². The Labute approximate surface area is 172 Å². The van der Waals surface area contributed by atoms with Crippen LogP contribution >= 0.6 is 11.6 Å². The molecule has 0 unspecified atom stereocenters. The fourth-order valence-corrected chi connectivity index (χ4v) is 3.13. The maximum atomic E-state index is 14.2. The van der Waals surface area contributed by atoms with Gasteiger partial charge in [0.25, 0.3) is 0 Å². The normalized spacial score (nSPS) is 11.9. The lowest BCUT2D eigenvalue weighted by Crippen LogP contribution is -2.38. The zero-order valence-electron chi connectivity index (χ0n) is 15.9. The molecule has 6 nitrogen and oxygen atoms in total. The highest BCUT2D eigenvalue weighted by molar-refractivity contribution is 6.31. The minimum atomic E-state index is -0.652. The quantitative estimate of drug-likeness (QED) is 0.606. The van der Waals surface area contributed by atoms with E-state index in [1.54, 1.807) is 42.8 Å². The summed E-state index contributed by atoms with van der Waals surface area (Å²) in [5.41, 5.74) is 6.88. The topological polar surface area (TPSA) is 90.0 Å². The van der Waals surface area contributed by atoms with Gasteiger partial charge in [-0.1, -0.05) is 23.7 Å². The number of carbonyl (C=O) groups is 2. The number of nitrogens with one attached hydrogen (secondary N) is 1. The van der Waals surface area contributed by atoms with E-state index < -0.39 is 17.6 Å². The minimum Gasteiger partial charge on any atom is -0.349 e. The lowest BCUT2D eigenvalue weighted by Gasteiger charge is -2.16. The van der Waals surface area contributed by atoms with Crippen molar-refractivity contribution in [2.75, 3.05) is 0 Å². The number of imidazole rings is 1. The highest BCUT2D eigenvalue weighted by Gasteiger charge is 2.21.